The number of fused-ring (bicyclic) bond motifs is 2. The molecule has 30 heavy (non-hydrogen) atoms. The fourth-order valence-electron chi connectivity index (χ4n) is 3.89. The average Bonchev–Trinajstić information content (AvgIpc) is 2.92. The largest absolute Gasteiger partial charge is 0.345 e. The number of carbonyl (C=O) groups excluding carboxylic acids is 2. The third-order valence-corrected chi connectivity index (χ3v) is 7.32. The van der Waals surface area contributed by atoms with E-state index >= 15 is 0 Å². The highest BCUT2D eigenvalue weighted by atomic mass is 32.2. The van der Waals surface area contributed by atoms with Gasteiger partial charge < -0.3 is 5.32 Å². The van der Waals surface area contributed by atoms with Crippen LogP contribution in [-0.4, -0.2) is 30.6 Å². The average molecular weight is 423 g/mol. The van der Waals surface area contributed by atoms with Crippen molar-refractivity contribution in [2.75, 3.05) is 0 Å². The van der Waals surface area contributed by atoms with Gasteiger partial charge in [-0.05, 0) is 55.3 Å². The van der Waals surface area contributed by atoms with Gasteiger partial charge >= 0.3 is 0 Å². The van der Waals surface area contributed by atoms with Gasteiger partial charge in [0.15, 0.2) is 0 Å². The summed E-state index contributed by atoms with van der Waals surface area (Å²) in [6.07, 6.45) is 0. The maximum absolute atomic E-state index is 12.9. The van der Waals surface area contributed by atoms with E-state index in [1.165, 1.54) is 18.2 Å². The number of hydrogen-bond acceptors (Lipinski definition) is 4. The van der Waals surface area contributed by atoms with E-state index < -0.39 is 27.9 Å². The summed E-state index contributed by atoms with van der Waals surface area (Å²) in [6.45, 7) is 5.16. The zero-order chi connectivity index (χ0) is 21.6. The molecule has 1 aliphatic rings. The molecule has 2 amide bonds. The molecule has 0 bridgehead atoms. The molecule has 1 unspecified atom stereocenters. The molecule has 0 spiro atoms. The molecule has 0 saturated carbocycles. The van der Waals surface area contributed by atoms with Crippen LogP contribution in [0.15, 0.2) is 65.6 Å². The minimum absolute atomic E-state index is 0.0994. The molecule has 1 N–H and O–H groups in total. The Balaban J connectivity index is 1.64. The Morgan fingerprint density at radius 3 is 2.40 bits per heavy atom. The smallest absolute Gasteiger partial charge is 0.269 e. The van der Waals surface area contributed by atoms with E-state index in [0.717, 1.165) is 20.6 Å². The van der Waals surface area contributed by atoms with Crippen molar-refractivity contribution in [3.63, 3.8) is 0 Å². The molecular weight excluding hydrogens is 400 g/mol. The first kappa shape index (κ1) is 20.1. The van der Waals surface area contributed by atoms with Crippen LogP contribution in [0.25, 0.3) is 10.8 Å². The van der Waals surface area contributed by atoms with Crippen molar-refractivity contribution in [2.24, 2.45) is 0 Å². The summed E-state index contributed by atoms with van der Waals surface area (Å²) in [4.78, 5) is 25.2. The predicted molar refractivity (Wildman–Crippen MR) is 115 cm³/mol. The molecule has 4 rings (SSSR count). The summed E-state index contributed by atoms with van der Waals surface area (Å²) >= 11 is 0. The molecule has 0 radical (unpaired) electrons. The van der Waals surface area contributed by atoms with Crippen LogP contribution in [0.4, 0.5) is 0 Å². The van der Waals surface area contributed by atoms with Crippen molar-refractivity contribution in [1.82, 2.24) is 9.62 Å². The van der Waals surface area contributed by atoms with Crippen molar-refractivity contribution >= 4 is 32.6 Å². The Kier molecular flexibility index (Phi) is 4.86. The Morgan fingerprint density at radius 1 is 0.967 bits per heavy atom. The molecule has 0 fully saturated rings. The first-order valence-corrected chi connectivity index (χ1v) is 11.2. The van der Waals surface area contributed by atoms with Gasteiger partial charge in [0.05, 0.1) is 11.6 Å². The first-order chi connectivity index (χ1) is 14.2. The third-order valence-electron chi connectivity index (χ3n) is 5.32. The topological polar surface area (TPSA) is 83.6 Å². The second kappa shape index (κ2) is 7.25. The number of sulfonamides is 1. The van der Waals surface area contributed by atoms with Gasteiger partial charge in [-0.2, -0.15) is 0 Å². The fraction of sp³-hybridized carbons (Fsp3) is 0.217. The van der Waals surface area contributed by atoms with Crippen molar-refractivity contribution in [1.29, 1.82) is 0 Å². The highest BCUT2D eigenvalue weighted by Crippen LogP contribution is 2.33. The van der Waals surface area contributed by atoms with Crippen LogP contribution in [0.2, 0.25) is 0 Å². The predicted octanol–water partition coefficient (Wildman–Crippen LogP) is 3.88. The van der Waals surface area contributed by atoms with Gasteiger partial charge in [0.25, 0.3) is 21.8 Å². The van der Waals surface area contributed by atoms with Crippen LogP contribution in [0, 0.1) is 0 Å². The summed E-state index contributed by atoms with van der Waals surface area (Å²) in [5, 5.41) is 5.06. The van der Waals surface area contributed by atoms with Gasteiger partial charge in [-0.15, -0.1) is 0 Å². The van der Waals surface area contributed by atoms with E-state index in [1.54, 1.807) is 13.8 Å². The van der Waals surface area contributed by atoms with Crippen LogP contribution < -0.4 is 5.32 Å². The normalized spacial score (nSPS) is 16.0. The highest BCUT2D eigenvalue weighted by Gasteiger charge is 2.43. The minimum Gasteiger partial charge on any atom is -0.345 e. The monoisotopic (exact) mass is 422 g/mol. The molecular formula is C23H22N2O4S. The van der Waals surface area contributed by atoms with Gasteiger partial charge in [-0.25, -0.2) is 12.7 Å². The van der Waals surface area contributed by atoms with E-state index in [2.05, 4.69) is 5.32 Å². The number of carbonyl (C=O) groups is 2. The maximum Gasteiger partial charge on any atom is 0.269 e. The number of nitrogens with one attached hydrogen (secondary N) is 1. The van der Waals surface area contributed by atoms with E-state index in [0.29, 0.717) is 0 Å². The summed E-state index contributed by atoms with van der Waals surface area (Å²) in [7, 11) is -3.96. The van der Waals surface area contributed by atoms with Crippen LogP contribution in [-0.2, 0) is 10.0 Å². The van der Waals surface area contributed by atoms with Crippen LogP contribution in [0.5, 0.6) is 0 Å². The lowest BCUT2D eigenvalue weighted by Gasteiger charge is -2.19. The van der Waals surface area contributed by atoms with E-state index in [-0.39, 0.29) is 22.1 Å². The Bertz CT molecular complexity index is 1280. The maximum atomic E-state index is 12.9. The number of hydrogen-bond donors (Lipinski definition) is 1. The first-order valence-electron chi connectivity index (χ1n) is 9.73. The number of amides is 2. The second-order valence-corrected chi connectivity index (χ2v) is 9.46. The second-order valence-electron chi connectivity index (χ2n) is 7.67. The highest BCUT2D eigenvalue weighted by molar-refractivity contribution is 7.90. The number of benzene rings is 3. The summed E-state index contributed by atoms with van der Waals surface area (Å²) in [5.41, 5.74) is 1.27. The van der Waals surface area contributed by atoms with Gasteiger partial charge in [0, 0.05) is 11.6 Å². The quantitative estimate of drug-likeness (QED) is 0.692. The Morgan fingerprint density at radius 2 is 1.67 bits per heavy atom. The summed E-state index contributed by atoms with van der Waals surface area (Å²) in [6, 6.07) is 17.2. The van der Waals surface area contributed by atoms with Crippen LogP contribution in [0.1, 0.15) is 53.1 Å². The standard InChI is InChI=1S/C23H22N2O4S/c1-14(2)25-23(27)20-12-11-17(13-21(20)30(25,28)29)22(26)24-15(3)18-10-6-8-16-7-4-5-9-19(16)18/h4-15H,1-3H3,(H,24,26). The van der Waals surface area contributed by atoms with Crippen LogP contribution in [0.3, 0.4) is 0 Å². The Hall–Kier alpha value is -3.19. The minimum atomic E-state index is -3.96. The zero-order valence-corrected chi connectivity index (χ0v) is 17.7. The molecule has 154 valence electrons. The molecule has 1 atom stereocenters. The lowest BCUT2D eigenvalue weighted by Crippen LogP contribution is -2.36. The van der Waals surface area contributed by atoms with Crippen molar-refractivity contribution < 1.29 is 18.0 Å². The van der Waals surface area contributed by atoms with Gasteiger partial charge in [-0.3, -0.25) is 9.59 Å². The number of nitrogens with zero attached hydrogens (tertiary/aromatic N) is 1. The molecule has 7 heteroatoms. The van der Waals surface area contributed by atoms with Crippen molar-refractivity contribution in [3.05, 3.63) is 77.4 Å². The third kappa shape index (κ3) is 3.15. The summed E-state index contributed by atoms with van der Waals surface area (Å²) < 4.78 is 26.4. The Labute approximate surface area is 175 Å². The molecule has 0 aliphatic carbocycles. The lowest BCUT2D eigenvalue weighted by molar-refractivity contribution is 0.0845. The van der Waals surface area contributed by atoms with Gasteiger partial charge in [0.1, 0.15) is 4.90 Å². The zero-order valence-electron chi connectivity index (χ0n) is 16.9. The molecule has 0 saturated heterocycles. The fourth-order valence-corrected chi connectivity index (χ4v) is 5.68. The van der Waals surface area contributed by atoms with Crippen molar-refractivity contribution in [3.8, 4) is 0 Å². The van der Waals surface area contributed by atoms with E-state index in [4.69, 9.17) is 0 Å². The SMILES string of the molecule is CC(NC(=O)c1ccc2c(c1)S(=O)(=O)N(C(C)C)C2=O)c1cccc2ccccc12. The molecule has 6 nitrogen and oxygen atoms in total. The molecule has 1 heterocycles. The van der Waals surface area contributed by atoms with Crippen LogP contribution >= 0.6 is 0 Å². The van der Waals surface area contributed by atoms with E-state index in [9.17, 15) is 18.0 Å². The summed E-state index contributed by atoms with van der Waals surface area (Å²) in [5.74, 6) is -0.958. The molecule has 3 aromatic rings. The molecule has 3 aromatic carbocycles. The van der Waals surface area contributed by atoms with E-state index in [1.807, 2.05) is 49.4 Å². The van der Waals surface area contributed by atoms with Crippen molar-refractivity contribution in [2.45, 2.75) is 37.8 Å². The van der Waals surface area contributed by atoms with Gasteiger partial charge in [0.2, 0.25) is 0 Å². The van der Waals surface area contributed by atoms with Gasteiger partial charge in [-0.1, -0.05) is 42.5 Å². The molecule has 0 aromatic heterocycles. The number of rotatable bonds is 4. The lowest BCUT2D eigenvalue weighted by atomic mass is 9.99. The molecule has 1 aliphatic heterocycles.